The number of sulfonamides is 1. The van der Waals surface area contributed by atoms with E-state index in [1.165, 1.54) is 0 Å². The Labute approximate surface area is 145 Å². The molecule has 6 nitrogen and oxygen atoms in total. The van der Waals surface area contributed by atoms with Gasteiger partial charge in [-0.15, -0.1) is 0 Å². The lowest BCUT2D eigenvalue weighted by Crippen LogP contribution is -2.50. The molecule has 3 saturated heterocycles. The van der Waals surface area contributed by atoms with E-state index in [-0.39, 0.29) is 16.9 Å². The summed E-state index contributed by atoms with van der Waals surface area (Å²) in [5, 5.41) is -0.134. The van der Waals surface area contributed by atoms with E-state index in [1.807, 2.05) is 0 Å². The van der Waals surface area contributed by atoms with Crippen molar-refractivity contribution in [3.05, 3.63) is 0 Å². The first-order valence-electron chi connectivity index (χ1n) is 9.50. The molecule has 138 valence electrons. The summed E-state index contributed by atoms with van der Waals surface area (Å²) < 4.78 is 39.0. The van der Waals surface area contributed by atoms with E-state index in [2.05, 4.69) is 9.62 Å². The average Bonchev–Trinajstić information content (AvgIpc) is 3.34. The molecular weight excluding hydrogens is 328 g/mol. The predicted octanol–water partition coefficient (Wildman–Crippen LogP) is 1.12. The summed E-state index contributed by atoms with van der Waals surface area (Å²) in [4.78, 5) is 2.52. The van der Waals surface area contributed by atoms with Crippen molar-refractivity contribution in [3.63, 3.8) is 0 Å². The highest BCUT2D eigenvalue weighted by molar-refractivity contribution is 7.90. The van der Waals surface area contributed by atoms with Gasteiger partial charge in [-0.2, -0.15) is 0 Å². The zero-order valence-electron chi connectivity index (χ0n) is 14.4. The fourth-order valence-corrected chi connectivity index (χ4v) is 6.11. The summed E-state index contributed by atoms with van der Waals surface area (Å²) in [6.07, 6.45) is 6.61. The highest BCUT2D eigenvalue weighted by atomic mass is 32.2. The lowest BCUT2D eigenvalue weighted by molar-refractivity contribution is -0.0785. The maximum atomic E-state index is 12.2. The predicted molar refractivity (Wildman–Crippen MR) is 91.4 cm³/mol. The molecule has 4 aliphatic rings. The molecule has 1 N–H and O–H groups in total. The smallest absolute Gasteiger partial charge is 0.214 e. The van der Waals surface area contributed by atoms with Gasteiger partial charge in [0.05, 0.1) is 10.9 Å². The van der Waals surface area contributed by atoms with Crippen molar-refractivity contribution in [3.8, 4) is 0 Å². The Morgan fingerprint density at radius 2 is 1.88 bits per heavy atom. The molecule has 3 aliphatic heterocycles. The van der Waals surface area contributed by atoms with Crippen LogP contribution in [0.5, 0.6) is 0 Å². The number of ether oxygens (including phenoxy) is 2. The maximum absolute atomic E-state index is 12.2. The number of likely N-dealkylation sites (tertiary alicyclic amines) is 1. The summed E-state index contributed by atoms with van der Waals surface area (Å²) in [6.45, 7) is 5.61. The summed E-state index contributed by atoms with van der Waals surface area (Å²) >= 11 is 0. The minimum absolute atomic E-state index is 0.0485. The molecule has 0 aromatic heterocycles. The number of nitrogens with one attached hydrogen (secondary N) is 1. The zero-order valence-corrected chi connectivity index (χ0v) is 15.2. The molecule has 1 aliphatic carbocycles. The van der Waals surface area contributed by atoms with Gasteiger partial charge in [0.25, 0.3) is 0 Å². The van der Waals surface area contributed by atoms with E-state index in [0.29, 0.717) is 6.61 Å². The monoisotopic (exact) mass is 358 g/mol. The molecule has 0 bridgehead atoms. The molecule has 0 radical (unpaired) electrons. The van der Waals surface area contributed by atoms with Gasteiger partial charge in [-0.1, -0.05) is 0 Å². The van der Waals surface area contributed by atoms with Crippen LogP contribution >= 0.6 is 0 Å². The van der Waals surface area contributed by atoms with Crippen molar-refractivity contribution in [2.24, 2.45) is 5.92 Å². The Balaban J connectivity index is 1.31. The Morgan fingerprint density at radius 1 is 1.08 bits per heavy atom. The van der Waals surface area contributed by atoms with Crippen molar-refractivity contribution in [2.75, 3.05) is 39.5 Å². The van der Waals surface area contributed by atoms with Gasteiger partial charge in [0.2, 0.25) is 10.0 Å². The van der Waals surface area contributed by atoms with Crippen molar-refractivity contribution < 1.29 is 17.9 Å². The molecule has 24 heavy (non-hydrogen) atoms. The number of hydrogen-bond donors (Lipinski definition) is 1. The molecule has 2 atom stereocenters. The van der Waals surface area contributed by atoms with Crippen LogP contribution in [-0.4, -0.2) is 69.7 Å². The minimum atomic E-state index is -3.10. The van der Waals surface area contributed by atoms with E-state index in [1.54, 1.807) is 0 Å². The third-order valence-electron chi connectivity index (χ3n) is 6.04. The molecule has 1 spiro atoms. The molecule has 4 rings (SSSR count). The lowest BCUT2D eigenvalue weighted by atomic mass is 9.90. The van der Waals surface area contributed by atoms with Crippen LogP contribution in [0.2, 0.25) is 0 Å². The first-order chi connectivity index (χ1) is 11.5. The van der Waals surface area contributed by atoms with E-state index in [9.17, 15) is 8.42 Å². The van der Waals surface area contributed by atoms with Crippen molar-refractivity contribution in [1.29, 1.82) is 0 Å². The molecule has 7 heteroatoms. The van der Waals surface area contributed by atoms with Gasteiger partial charge in [-0.05, 0) is 50.9 Å². The Morgan fingerprint density at radius 3 is 2.62 bits per heavy atom. The minimum Gasteiger partial charge on any atom is -0.381 e. The molecule has 0 aromatic rings. The molecule has 1 saturated carbocycles. The highest BCUT2D eigenvalue weighted by Crippen LogP contribution is 2.36. The number of rotatable bonds is 5. The van der Waals surface area contributed by atoms with E-state index < -0.39 is 10.0 Å². The van der Waals surface area contributed by atoms with Gasteiger partial charge in [0, 0.05) is 45.5 Å². The van der Waals surface area contributed by atoms with Crippen LogP contribution in [0.3, 0.4) is 0 Å². The van der Waals surface area contributed by atoms with E-state index in [0.717, 1.165) is 83.7 Å². The Bertz CT molecular complexity index is 545. The molecular formula is C17H30N2O4S. The van der Waals surface area contributed by atoms with Gasteiger partial charge in [0.1, 0.15) is 0 Å². The quantitative estimate of drug-likeness (QED) is 0.798. The van der Waals surface area contributed by atoms with Crippen molar-refractivity contribution in [2.45, 2.75) is 61.8 Å². The van der Waals surface area contributed by atoms with Crippen LogP contribution in [0.4, 0.5) is 0 Å². The van der Waals surface area contributed by atoms with Gasteiger partial charge in [-0.25, -0.2) is 13.1 Å². The molecule has 0 amide bonds. The molecule has 3 heterocycles. The second kappa shape index (κ2) is 6.83. The van der Waals surface area contributed by atoms with Crippen molar-refractivity contribution in [1.82, 2.24) is 9.62 Å². The standard InChI is InChI=1S/C17H30N2O4S/c20-24(21,16-1-2-16)18-15-5-10-23-17(11-15)6-7-19(13-17)12-14-3-8-22-9-4-14/h14-16,18H,1-13H2/t15-,17-/m0/s1. The first kappa shape index (κ1) is 17.2. The van der Waals surface area contributed by atoms with Gasteiger partial charge in [-0.3, -0.25) is 0 Å². The normalized spacial score (nSPS) is 36.4. The zero-order chi connectivity index (χ0) is 16.6. The molecule has 0 aromatic carbocycles. The second-order valence-electron chi connectivity index (χ2n) is 8.12. The number of nitrogens with zero attached hydrogens (tertiary/aromatic N) is 1. The fourth-order valence-electron chi connectivity index (χ4n) is 4.50. The Hall–Kier alpha value is -0.210. The van der Waals surface area contributed by atoms with Crippen LogP contribution in [0, 0.1) is 5.92 Å². The van der Waals surface area contributed by atoms with Crippen LogP contribution in [0.1, 0.15) is 44.9 Å². The largest absolute Gasteiger partial charge is 0.381 e. The fraction of sp³-hybridized carbons (Fsp3) is 1.00. The Kier molecular flexibility index (Phi) is 4.90. The third-order valence-corrected chi connectivity index (χ3v) is 8.05. The van der Waals surface area contributed by atoms with Gasteiger partial charge < -0.3 is 14.4 Å². The first-order valence-corrected chi connectivity index (χ1v) is 11.0. The third kappa shape index (κ3) is 3.96. The second-order valence-corrected chi connectivity index (χ2v) is 10.1. The topological polar surface area (TPSA) is 67.9 Å². The SMILES string of the molecule is O=S(=O)(N[C@H]1CCO[C@@]2(CCN(CC3CCOCC3)C2)C1)C1CC1. The lowest BCUT2D eigenvalue weighted by Gasteiger charge is -2.38. The van der Waals surface area contributed by atoms with Crippen LogP contribution < -0.4 is 4.72 Å². The maximum Gasteiger partial charge on any atom is 0.214 e. The molecule has 0 unspecified atom stereocenters. The van der Waals surface area contributed by atoms with Crippen LogP contribution in [0.25, 0.3) is 0 Å². The van der Waals surface area contributed by atoms with Crippen LogP contribution in [-0.2, 0) is 19.5 Å². The van der Waals surface area contributed by atoms with Crippen molar-refractivity contribution >= 4 is 10.0 Å². The summed E-state index contributed by atoms with van der Waals surface area (Å²) in [7, 11) is -3.10. The number of hydrogen-bond acceptors (Lipinski definition) is 5. The molecule has 4 fully saturated rings. The van der Waals surface area contributed by atoms with E-state index >= 15 is 0 Å². The summed E-state index contributed by atoms with van der Waals surface area (Å²) in [5.41, 5.74) is -0.139. The van der Waals surface area contributed by atoms with Crippen LogP contribution in [0.15, 0.2) is 0 Å². The summed E-state index contributed by atoms with van der Waals surface area (Å²) in [6, 6.07) is 0.0485. The van der Waals surface area contributed by atoms with E-state index in [4.69, 9.17) is 9.47 Å². The van der Waals surface area contributed by atoms with Gasteiger partial charge >= 0.3 is 0 Å². The summed E-state index contributed by atoms with van der Waals surface area (Å²) in [5.74, 6) is 0.738. The average molecular weight is 359 g/mol. The van der Waals surface area contributed by atoms with Gasteiger partial charge in [0.15, 0.2) is 0 Å². The highest BCUT2D eigenvalue weighted by Gasteiger charge is 2.45.